The SMILES string of the molecule is Cc1[nH]c2ccccc2c1CC(=O)NCCN1Cc2ccccc2O[C@H](c2ccsc2)C1. The number of rotatable bonds is 6. The van der Waals surface area contributed by atoms with Gasteiger partial charge in [-0.25, -0.2) is 0 Å². The summed E-state index contributed by atoms with van der Waals surface area (Å²) in [7, 11) is 0. The molecule has 6 heteroatoms. The van der Waals surface area contributed by atoms with Gasteiger partial charge in [0.2, 0.25) is 5.91 Å². The molecule has 5 rings (SSSR count). The van der Waals surface area contributed by atoms with E-state index in [0.717, 1.165) is 47.5 Å². The first-order valence-electron chi connectivity index (χ1n) is 11.0. The van der Waals surface area contributed by atoms with Crippen LogP contribution in [0, 0.1) is 6.92 Å². The van der Waals surface area contributed by atoms with Gasteiger partial charge >= 0.3 is 0 Å². The monoisotopic (exact) mass is 445 g/mol. The van der Waals surface area contributed by atoms with Gasteiger partial charge in [-0.05, 0) is 41.4 Å². The minimum absolute atomic E-state index is 0.00512. The fourth-order valence-electron chi connectivity index (χ4n) is 4.42. The van der Waals surface area contributed by atoms with Crippen LogP contribution in [0.3, 0.4) is 0 Å². The number of nitrogens with one attached hydrogen (secondary N) is 2. The smallest absolute Gasteiger partial charge is 0.224 e. The summed E-state index contributed by atoms with van der Waals surface area (Å²) in [5.74, 6) is 1.00. The maximum Gasteiger partial charge on any atom is 0.224 e. The molecule has 0 unspecified atom stereocenters. The van der Waals surface area contributed by atoms with Crippen LogP contribution in [0.4, 0.5) is 0 Å². The van der Waals surface area contributed by atoms with Gasteiger partial charge in [0.25, 0.3) is 0 Å². The molecule has 3 heterocycles. The van der Waals surface area contributed by atoms with E-state index in [1.165, 1.54) is 11.1 Å². The molecule has 1 atom stereocenters. The average molecular weight is 446 g/mol. The maximum absolute atomic E-state index is 12.7. The molecule has 164 valence electrons. The molecule has 1 amide bonds. The highest BCUT2D eigenvalue weighted by atomic mass is 32.1. The van der Waals surface area contributed by atoms with Crippen molar-refractivity contribution in [2.24, 2.45) is 0 Å². The molecule has 2 N–H and O–H groups in total. The predicted octanol–water partition coefficient (Wildman–Crippen LogP) is 4.83. The Labute approximate surface area is 192 Å². The van der Waals surface area contributed by atoms with E-state index in [1.54, 1.807) is 11.3 Å². The number of nitrogens with zero attached hydrogens (tertiary/aromatic N) is 1. The first kappa shape index (κ1) is 20.8. The van der Waals surface area contributed by atoms with E-state index >= 15 is 0 Å². The number of aryl methyl sites for hydroxylation is 1. The molecule has 0 aliphatic carbocycles. The Kier molecular flexibility index (Phi) is 5.97. The third-order valence-electron chi connectivity index (χ3n) is 6.09. The number of carbonyl (C=O) groups is 1. The fourth-order valence-corrected chi connectivity index (χ4v) is 5.12. The zero-order chi connectivity index (χ0) is 21.9. The summed E-state index contributed by atoms with van der Waals surface area (Å²) in [5, 5.41) is 8.49. The Morgan fingerprint density at radius 3 is 2.91 bits per heavy atom. The van der Waals surface area contributed by atoms with Crippen molar-refractivity contribution in [3.05, 3.63) is 87.7 Å². The number of carbonyl (C=O) groups excluding carboxylic acids is 1. The van der Waals surface area contributed by atoms with Crippen LogP contribution in [0.5, 0.6) is 5.75 Å². The van der Waals surface area contributed by atoms with Crippen molar-refractivity contribution in [2.45, 2.75) is 26.0 Å². The van der Waals surface area contributed by atoms with E-state index in [-0.39, 0.29) is 12.0 Å². The summed E-state index contributed by atoms with van der Waals surface area (Å²) in [5.41, 5.74) is 5.60. The summed E-state index contributed by atoms with van der Waals surface area (Å²) >= 11 is 1.69. The summed E-state index contributed by atoms with van der Waals surface area (Å²) in [6.45, 7) is 5.02. The van der Waals surface area contributed by atoms with Gasteiger partial charge in [-0.3, -0.25) is 9.69 Å². The van der Waals surface area contributed by atoms with E-state index < -0.39 is 0 Å². The fraction of sp³-hybridized carbons (Fsp3) is 0.269. The van der Waals surface area contributed by atoms with Gasteiger partial charge in [-0.2, -0.15) is 11.3 Å². The second kappa shape index (κ2) is 9.18. The maximum atomic E-state index is 12.7. The largest absolute Gasteiger partial charge is 0.484 e. The van der Waals surface area contributed by atoms with Gasteiger partial charge in [0.1, 0.15) is 11.9 Å². The van der Waals surface area contributed by atoms with Crippen molar-refractivity contribution in [1.82, 2.24) is 15.2 Å². The van der Waals surface area contributed by atoms with E-state index in [9.17, 15) is 4.79 Å². The molecule has 4 aromatic rings. The highest BCUT2D eigenvalue weighted by Crippen LogP contribution is 2.31. The number of benzene rings is 2. The molecule has 5 nitrogen and oxygen atoms in total. The van der Waals surface area contributed by atoms with E-state index in [0.29, 0.717) is 13.0 Å². The van der Waals surface area contributed by atoms with Crippen molar-refractivity contribution < 1.29 is 9.53 Å². The quantitative estimate of drug-likeness (QED) is 0.447. The lowest BCUT2D eigenvalue weighted by atomic mass is 10.1. The molecule has 1 aliphatic rings. The van der Waals surface area contributed by atoms with E-state index in [1.807, 2.05) is 37.3 Å². The van der Waals surface area contributed by atoms with E-state index in [4.69, 9.17) is 4.74 Å². The van der Waals surface area contributed by atoms with Crippen molar-refractivity contribution in [2.75, 3.05) is 19.6 Å². The number of ether oxygens (including phenoxy) is 1. The molecule has 0 fully saturated rings. The Bertz CT molecular complexity index is 1220. The lowest BCUT2D eigenvalue weighted by Gasteiger charge is -2.23. The molecular formula is C26H27N3O2S. The van der Waals surface area contributed by atoms with E-state index in [2.05, 4.69) is 50.2 Å². The first-order valence-corrected chi connectivity index (χ1v) is 11.9. The number of thiophene rings is 1. The average Bonchev–Trinajstić information content (AvgIpc) is 3.38. The van der Waals surface area contributed by atoms with Crippen LogP contribution in [0.25, 0.3) is 10.9 Å². The zero-order valence-electron chi connectivity index (χ0n) is 18.1. The highest BCUT2D eigenvalue weighted by Gasteiger charge is 2.24. The second-order valence-electron chi connectivity index (χ2n) is 8.31. The third kappa shape index (κ3) is 4.42. The highest BCUT2D eigenvalue weighted by molar-refractivity contribution is 7.07. The Morgan fingerprint density at radius 2 is 2.03 bits per heavy atom. The number of hydrogen-bond acceptors (Lipinski definition) is 4. The molecule has 0 radical (unpaired) electrons. The van der Waals surface area contributed by atoms with Crippen LogP contribution in [0.2, 0.25) is 0 Å². The molecule has 2 aromatic carbocycles. The van der Waals surface area contributed by atoms with Crippen molar-refractivity contribution >= 4 is 28.1 Å². The Hall–Kier alpha value is -3.09. The molecule has 0 spiro atoms. The van der Waals surface area contributed by atoms with Crippen LogP contribution >= 0.6 is 11.3 Å². The van der Waals surface area contributed by atoms with Crippen molar-refractivity contribution in [3.8, 4) is 5.75 Å². The van der Waals surface area contributed by atoms with Crippen LogP contribution in [0.1, 0.15) is 28.5 Å². The number of aromatic amines is 1. The number of hydrogen-bond donors (Lipinski definition) is 2. The Balaban J connectivity index is 1.23. The van der Waals surface area contributed by atoms with Crippen LogP contribution in [-0.4, -0.2) is 35.4 Å². The molecular weight excluding hydrogens is 418 g/mol. The molecule has 0 bridgehead atoms. The van der Waals surface area contributed by atoms with Crippen LogP contribution < -0.4 is 10.1 Å². The molecule has 0 saturated carbocycles. The summed E-state index contributed by atoms with van der Waals surface area (Å²) in [6.07, 6.45) is 0.383. The minimum atomic E-state index is -0.00512. The predicted molar refractivity (Wildman–Crippen MR) is 129 cm³/mol. The summed E-state index contributed by atoms with van der Waals surface area (Å²) < 4.78 is 6.36. The molecule has 0 saturated heterocycles. The van der Waals surface area contributed by atoms with Gasteiger partial charge in [-0.1, -0.05) is 36.4 Å². The lowest BCUT2D eigenvalue weighted by Crippen LogP contribution is -2.37. The van der Waals surface area contributed by atoms with Gasteiger partial charge in [0, 0.05) is 53.9 Å². The van der Waals surface area contributed by atoms with Crippen LogP contribution in [-0.2, 0) is 17.8 Å². The van der Waals surface area contributed by atoms with Gasteiger partial charge in [-0.15, -0.1) is 0 Å². The first-order chi connectivity index (χ1) is 15.7. The minimum Gasteiger partial charge on any atom is -0.484 e. The zero-order valence-corrected chi connectivity index (χ0v) is 19.0. The van der Waals surface area contributed by atoms with Crippen LogP contribution in [0.15, 0.2) is 65.4 Å². The second-order valence-corrected chi connectivity index (χ2v) is 9.09. The number of aromatic nitrogens is 1. The number of fused-ring (bicyclic) bond motifs is 2. The normalized spacial score (nSPS) is 16.3. The van der Waals surface area contributed by atoms with Crippen molar-refractivity contribution in [1.29, 1.82) is 0 Å². The van der Waals surface area contributed by atoms with Gasteiger partial charge in [0.15, 0.2) is 0 Å². The number of H-pyrrole nitrogens is 1. The molecule has 1 aliphatic heterocycles. The number of para-hydroxylation sites is 2. The standard InChI is InChI=1S/C26H27N3O2S/c1-18-22(21-7-3-4-8-23(21)28-18)14-26(30)27-11-12-29-15-19-6-2-5-9-24(19)31-25(16-29)20-10-13-32-17-20/h2-10,13,17,25,28H,11-12,14-16H2,1H3,(H,27,30)/t25-/m0/s1. The van der Waals surface area contributed by atoms with Gasteiger partial charge < -0.3 is 15.0 Å². The lowest BCUT2D eigenvalue weighted by molar-refractivity contribution is -0.120. The van der Waals surface area contributed by atoms with Crippen molar-refractivity contribution in [3.63, 3.8) is 0 Å². The Morgan fingerprint density at radius 1 is 1.19 bits per heavy atom. The summed E-state index contributed by atoms with van der Waals surface area (Å²) in [6, 6.07) is 18.5. The summed E-state index contributed by atoms with van der Waals surface area (Å²) in [4.78, 5) is 18.4. The number of amides is 1. The van der Waals surface area contributed by atoms with Gasteiger partial charge in [0.05, 0.1) is 6.42 Å². The molecule has 2 aromatic heterocycles. The third-order valence-corrected chi connectivity index (χ3v) is 6.79. The molecule has 32 heavy (non-hydrogen) atoms. The topological polar surface area (TPSA) is 57.4 Å².